The van der Waals surface area contributed by atoms with Gasteiger partial charge in [-0.2, -0.15) is 0 Å². The van der Waals surface area contributed by atoms with E-state index in [2.05, 4.69) is 5.32 Å². The predicted molar refractivity (Wildman–Crippen MR) is 167 cm³/mol. The molecule has 0 aliphatic heterocycles. The van der Waals surface area contributed by atoms with Gasteiger partial charge in [0.2, 0.25) is 11.8 Å². The number of carbonyl (C=O) groups is 2. The summed E-state index contributed by atoms with van der Waals surface area (Å²) < 4.78 is 29.1. The summed E-state index contributed by atoms with van der Waals surface area (Å²) in [5.41, 5.74) is 2.33. The lowest BCUT2D eigenvalue weighted by molar-refractivity contribution is -0.139. The van der Waals surface area contributed by atoms with Crippen LogP contribution in [-0.2, 0) is 32.6 Å². The molecule has 2 amide bonds. The SMILES string of the molecule is CNC(=O)[C@H](Cc1ccccc1)N(Cc1ccccc1Cl)C(=O)CN(c1ccc(Cl)cc1C)S(=O)(=O)c1ccccc1. The second-order valence-corrected chi connectivity index (χ2v) is 12.4. The number of hydrogen-bond acceptors (Lipinski definition) is 4. The molecule has 0 saturated carbocycles. The molecule has 4 rings (SSSR count). The van der Waals surface area contributed by atoms with Crippen molar-refractivity contribution < 1.29 is 18.0 Å². The summed E-state index contributed by atoms with van der Waals surface area (Å²) in [6.45, 7) is 1.15. The van der Waals surface area contributed by atoms with Crippen LogP contribution < -0.4 is 9.62 Å². The minimum absolute atomic E-state index is 0.0117. The molecule has 4 aromatic rings. The molecule has 218 valence electrons. The van der Waals surface area contributed by atoms with Gasteiger partial charge in [0, 0.05) is 30.1 Å². The van der Waals surface area contributed by atoms with Crippen LogP contribution in [-0.4, -0.2) is 44.8 Å². The normalized spacial score (nSPS) is 11.9. The highest BCUT2D eigenvalue weighted by Crippen LogP contribution is 2.30. The van der Waals surface area contributed by atoms with Crippen LogP contribution in [0.5, 0.6) is 0 Å². The van der Waals surface area contributed by atoms with Gasteiger partial charge in [-0.15, -0.1) is 0 Å². The van der Waals surface area contributed by atoms with Gasteiger partial charge >= 0.3 is 0 Å². The fourth-order valence-corrected chi connectivity index (χ4v) is 6.58. The van der Waals surface area contributed by atoms with E-state index < -0.39 is 28.5 Å². The van der Waals surface area contributed by atoms with E-state index >= 15 is 0 Å². The Morgan fingerprint density at radius 1 is 0.857 bits per heavy atom. The maximum absolute atomic E-state index is 14.3. The number of nitrogens with one attached hydrogen (secondary N) is 1. The van der Waals surface area contributed by atoms with E-state index in [1.165, 1.54) is 24.1 Å². The maximum atomic E-state index is 14.3. The number of hydrogen-bond donors (Lipinski definition) is 1. The van der Waals surface area contributed by atoms with Gasteiger partial charge in [-0.05, 0) is 60.0 Å². The molecule has 0 unspecified atom stereocenters. The topological polar surface area (TPSA) is 86.8 Å². The molecule has 0 aromatic heterocycles. The highest BCUT2D eigenvalue weighted by molar-refractivity contribution is 7.92. The Morgan fingerprint density at radius 3 is 2.10 bits per heavy atom. The number of rotatable bonds is 11. The number of likely N-dealkylation sites (N-methyl/N-ethyl adjacent to an activating group) is 1. The summed E-state index contributed by atoms with van der Waals surface area (Å²) >= 11 is 12.7. The summed E-state index contributed by atoms with van der Waals surface area (Å²) in [5, 5.41) is 3.52. The zero-order valence-corrected chi connectivity index (χ0v) is 25.5. The molecule has 0 aliphatic carbocycles. The Morgan fingerprint density at radius 2 is 1.48 bits per heavy atom. The lowest BCUT2D eigenvalue weighted by atomic mass is 10.0. The third-order valence-corrected chi connectivity index (χ3v) is 9.23. The average molecular weight is 625 g/mol. The van der Waals surface area contributed by atoms with E-state index in [1.807, 2.05) is 30.3 Å². The van der Waals surface area contributed by atoms with Gasteiger partial charge < -0.3 is 10.2 Å². The molecular formula is C32H31Cl2N3O4S. The van der Waals surface area contributed by atoms with Gasteiger partial charge in [0.25, 0.3) is 10.0 Å². The quantitative estimate of drug-likeness (QED) is 0.226. The molecule has 0 radical (unpaired) electrons. The predicted octanol–water partition coefficient (Wildman–Crippen LogP) is 5.88. The van der Waals surface area contributed by atoms with Crippen LogP contribution in [0.4, 0.5) is 5.69 Å². The first kappa shape index (κ1) is 31.1. The molecule has 0 saturated heterocycles. The highest BCUT2D eigenvalue weighted by atomic mass is 35.5. The van der Waals surface area contributed by atoms with Crippen LogP contribution in [0.1, 0.15) is 16.7 Å². The van der Waals surface area contributed by atoms with Gasteiger partial charge in [-0.25, -0.2) is 8.42 Å². The fraction of sp³-hybridized carbons (Fsp3) is 0.188. The Labute approximate surface area is 256 Å². The lowest BCUT2D eigenvalue weighted by Crippen LogP contribution is -2.53. The summed E-state index contributed by atoms with van der Waals surface area (Å²) in [6, 6.07) is 28.1. The smallest absolute Gasteiger partial charge is 0.264 e. The summed E-state index contributed by atoms with van der Waals surface area (Å²) in [7, 11) is -2.69. The van der Waals surface area contributed by atoms with Crippen molar-refractivity contribution in [2.24, 2.45) is 0 Å². The van der Waals surface area contributed by atoms with Crippen LogP contribution in [0.2, 0.25) is 10.0 Å². The maximum Gasteiger partial charge on any atom is 0.264 e. The molecule has 4 aromatic carbocycles. The van der Waals surface area contributed by atoms with Gasteiger partial charge in [-0.1, -0.05) is 89.9 Å². The van der Waals surface area contributed by atoms with Crippen molar-refractivity contribution in [1.29, 1.82) is 0 Å². The molecule has 0 fully saturated rings. The van der Waals surface area contributed by atoms with Crippen LogP contribution in [0.15, 0.2) is 108 Å². The van der Waals surface area contributed by atoms with Crippen LogP contribution >= 0.6 is 23.2 Å². The molecule has 42 heavy (non-hydrogen) atoms. The van der Waals surface area contributed by atoms with E-state index in [-0.39, 0.29) is 23.8 Å². The molecule has 0 aliphatic rings. The van der Waals surface area contributed by atoms with E-state index in [4.69, 9.17) is 23.2 Å². The first-order chi connectivity index (χ1) is 20.1. The second kappa shape index (κ2) is 13.9. The Balaban J connectivity index is 1.81. The largest absolute Gasteiger partial charge is 0.357 e. The summed E-state index contributed by atoms with van der Waals surface area (Å²) in [5.74, 6) is -0.965. The average Bonchev–Trinajstić information content (AvgIpc) is 2.99. The number of benzene rings is 4. The van der Waals surface area contributed by atoms with Crippen LogP contribution in [0, 0.1) is 6.92 Å². The lowest BCUT2D eigenvalue weighted by Gasteiger charge is -2.34. The third-order valence-electron chi connectivity index (χ3n) is 6.85. The standard InChI is InChI=1S/C32H31Cl2N3O4S/c1-23-19-26(33)17-18-29(23)37(42(40,41)27-14-7-4-8-15-27)22-31(38)36(21-25-13-9-10-16-28(25)34)30(32(39)35-2)20-24-11-5-3-6-12-24/h3-19,30H,20-22H2,1-2H3,(H,35,39)/t30-/m0/s1. The number of anilines is 1. The van der Waals surface area contributed by atoms with Gasteiger partial charge in [0.05, 0.1) is 10.6 Å². The number of sulfonamides is 1. The highest BCUT2D eigenvalue weighted by Gasteiger charge is 2.35. The molecule has 1 N–H and O–H groups in total. The van der Waals surface area contributed by atoms with Crippen molar-refractivity contribution in [2.75, 3.05) is 17.9 Å². The molecule has 1 atom stereocenters. The summed E-state index contributed by atoms with van der Waals surface area (Å²) in [6.07, 6.45) is 0.210. The van der Waals surface area contributed by atoms with Crippen molar-refractivity contribution in [1.82, 2.24) is 10.2 Å². The minimum atomic E-state index is -4.19. The molecular weight excluding hydrogens is 593 g/mol. The van der Waals surface area contributed by atoms with E-state index in [0.717, 1.165) is 9.87 Å². The van der Waals surface area contributed by atoms with Crippen molar-refractivity contribution in [3.63, 3.8) is 0 Å². The van der Waals surface area contributed by atoms with Crippen molar-refractivity contribution in [3.8, 4) is 0 Å². The first-order valence-electron chi connectivity index (χ1n) is 13.2. The van der Waals surface area contributed by atoms with E-state index in [1.54, 1.807) is 67.6 Å². The zero-order valence-electron chi connectivity index (χ0n) is 23.2. The molecule has 0 bridgehead atoms. The number of amides is 2. The number of carbonyl (C=O) groups excluding carboxylic acids is 2. The number of nitrogens with zero attached hydrogens (tertiary/aromatic N) is 2. The van der Waals surface area contributed by atoms with Crippen molar-refractivity contribution >= 4 is 50.7 Å². The zero-order chi connectivity index (χ0) is 30.3. The summed E-state index contributed by atoms with van der Waals surface area (Å²) in [4.78, 5) is 29.1. The van der Waals surface area contributed by atoms with E-state index in [0.29, 0.717) is 26.9 Å². The Kier molecular flexibility index (Phi) is 10.3. The van der Waals surface area contributed by atoms with Crippen LogP contribution in [0.3, 0.4) is 0 Å². The van der Waals surface area contributed by atoms with Gasteiger partial charge in [-0.3, -0.25) is 13.9 Å². The second-order valence-electron chi connectivity index (χ2n) is 9.69. The van der Waals surface area contributed by atoms with E-state index in [9.17, 15) is 18.0 Å². The van der Waals surface area contributed by atoms with Crippen molar-refractivity contribution in [3.05, 3.63) is 130 Å². The Hall–Kier alpha value is -3.85. The number of halogens is 2. The van der Waals surface area contributed by atoms with Gasteiger partial charge in [0.1, 0.15) is 12.6 Å². The van der Waals surface area contributed by atoms with Gasteiger partial charge in [0.15, 0.2) is 0 Å². The monoisotopic (exact) mass is 623 g/mol. The minimum Gasteiger partial charge on any atom is -0.357 e. The number of aryl methyl sites for hydroxylation is 1. The molecule has 0 heterocycles. The Bertz CT molecular complexity index is 1650. The van der Waals surface area contributed by atoms with Crippen molar-refractivity contribution in [2.45, 2.75) is 30.8 Å². The molecule has 10 heteroatoms. The van der Waals surface area contributed by atoms with Crippen LogP contribution in [0.25, 0.3) is 0 Å². The molecule has 0 spiro atoms. The fourth-order valence-electron chi connectivity index (χ4n) is 4.66. The first-order valence-corrected chi connectivity index (χ1v) is 15.4. The molecule has 7 nitrogen and oxygen atoms in total. The third kappa shape index (κ3) is 7.31.